The summed E-state index contributed by atoms with van der Waals surface area (Å²) in [5, 5.41) is 0. The van der Waals surface area contributed by atoms with Crippen LogP contribution in [0.1, 0.15) is 20.3 Å². The Morgan fingerprint density at radius 3 is 2.92 bits per heavy atom. The molecule has 1 aliphatic heterocycles. The third-order valence-corrected chi connectivity index (χ3v) is 2.25. The van der Waals surface area contributed by atoms with Crippen LogP contribution in [0.15, 0.2) is 0 Å². The molecule has 13 heavy (non-hydrogen) atoms. The quantitative estimate of drug-likeness (QED) is 0.699. The second-order valence-corrected chi connectivity index (χ2v) is 4.01. The van der Waals surface area contributed by atoms with Gasteiger partial charge in [0.15, 0.2) is 0 Å². The van der Waals surface area contributed by atoms with Crippen LogP contribution in [0.25, 0.3) is 0 Å². The van der Waals surface area contributed by atoms with Crippen LogP contribution in [-0.4, -0.2) is 43.8 Å². The summed E-state index contributed by atoms with van der Waals surface area (Å²) >= 11 is 0. The van der Waals surface area contributed by atoms with E-state index in [9.17, 15) is 0 Å². The van der Waals surface area contributed by atoms with Gasteiger partial charge in [0, 0.05) is 19.6 Å². The zero-order chi connectivity index (χ0) is 9.68. The lowest BCUT2D eigenvalue weighted by molar-refractivity contribution is -0.0290. The van der Waals surface area contributed by atoms with E-state index in [0.29, 0.717) is 6.10 Å². The van der Waals surface area contributed by atoms with Gasteiger partial charge in [-0.1, -0.05) is 13.8 Å². The number of nitrogens with two attached hydrogens (primary N) is 1. The molecule has 0 amide bonds. The predicted octanol–water partition coefficient (Wildman–Crippen LogP) is 0.650. The van der Waals surface area contributed by atoms with E-state index in [1.165, 1.54) is 5.92 Å². The normalized spacial score (nSPS) is 25.4. The molecule has 77 valence electrons. The molecule has 0 aromatic heterocycles. The Balaban J connectivity index is 2.24. The average Bonchev–Trinajstić information content (AvgIpc) is 2.04. The lowest BCUT2D eigenvalue weighted by Gasteiger charge is -2.33. The van der Waals surface area contributed by atoms with Crippen LogP contribution >= 0.6 is 0 Å². The lowest BCUT2D eigenvalue weighted by Crippen LogP contribution is -2.44. The summed E-state index contributed by atoms with van der Waals surface area (Å²) in [7, 11) is 0. The van der Waals surface area contributed by atoms with Gasteiger partial charge in [-0.3, -0.25) is 4.90 Å². The van der Waals surface area contributed by atoms with Crippen molar-refractivity contribution in [3.05, 3.63) is 5.92 Å². The molecule has 1 aliphatic rings. The summed E-state index contributed by atoms with van der Waals surface area (Å²) in [6.45, 7) is 9.14. The van der Waals surface area contributed by atoms with Crippen molar-refractivity contribution in [1.82, 2.24) is 4.90 Å². The van der Waals surface area contributed by atoms with Gasteiger partial charge in [-0.25, -0.2) is 0 Å². The lowest BCUT2D eigenvalue weighted by atomic mass is 10.1. The largest absolute Gasteiger partial charge is 0.376 e. The van der Waals surface area contributed by atoms with Gasteiger partial charge in [0.25, 0.3) is 0 Å². The van der Waals surface area contributed by atoms with Crippen LogP contribution in [0.3, 0.4) is 0 Å². The summed E-state index contributed by atoms with van der Waals surface area (Å²) in [5.41, 5.74) is 5.50. The van der Waals surface area contributed by atoms with Gasteiger partial charge in [-0.05, 0) is 18.9 Å². The molecule has 0 aromatic carbocycles. The Kier molecular flexibility index (Phi) is 4.70. The van der Waals surface area contributed by atoms with Crippen LogP contribution in [-0.2, 0) is 4.74 Å². The Labute approximate surface area is 81.2 Å². The SMILES string of the molecule is C[C](C)CN1CCOC(CCN)C1. The zero-order valence-corrected chi connectivity index (χ0v) is 8.75. The number of hydrogen-bond acceptors (Lipinski definition) is 3. The monoisotopic (exact) mass is 185 g/mol. The predicted molar refractivity (Wildman–Crippen MR) is 54.4 cm³/mol. The highest BCUT2D eigenvalue weighted by Crippen LogP contribution is 2.10. The molecular weight excluding hydrogens is 164 g/mol. The van der Waals surface area contributed by atoms with Crippen molar-refractivity contribution in [3.8, 4) is 0 Å². The molecule has 3 heteroatoms. The van der Waals surface area contributed by atoms with E-state index in [2.05, 4.69) is 18.7 Å². The Morgan fingerprint density at radius 2 is 2.31 bits per heavy atom. The topological polar surface area (TPSA) is 38.5 Å². The number of morpholine rings is 1. The van der Waals surface area contributed by atoms with Crippen molar-refractivity contribution >= 4 is 0 Å². The molecule has 1 heterocycles. The third kappa shape index (κ3) is 4.07. The summed E-state index contributed by atoms with van der Waals surface area (Å²) in [5.74, 6) is 1.47. The number of nitrogens with zero attached hydrogens (tertiary/aromatic N) is 1. The minimum absolute atomic E-state index is 0.359. The van der Waals surface area contributed by atoms with Gasteiger partial charge in [0.05, 0.1) is 12.7 Å². The van der Waals surface area contributed by atoms with Crippen LogP contribution < -0.4 is 5.73 Å². The smallest absolute Gasteiger partial charge is 0.0714 e. The fourth-order valence-corrected chi connectivity index (χ4v) is 1.73. The summed E-state index contributed by atoms with van der Waals surface area (Å²) in [6.07, 6.45) is 1.34. The summed E-state index contributed by atoms with van der Waals surface area (Å²) < 4.78 is 5.60. The van der Waals surface area contributed by atoms with Crippen LogP contribution in [0.5, 0.6) is 0 Å². The Bertz CT molecular complexity index is 137. The van der Waals surface area contributed by atoms with Gasteiger partial charge in [0.1, 0.15) is 0 Å². The number of hydrogen-bond donors (Lipinski definition) is 1. The minimum Gasteiger partial charge on any atom is -0.376 e. The second kappa shape index (κ2) is 5.58. The zero-order valence-electron chi connectivity index (χ0n) is 8.75. The fourth-order valence-electron chi connectivity index (χ4n) is 1.73. The molecule has 1 radical (unpaired) electrons. The van der Waals surface area contributed by atoms with Crippen molar-refractivity contribution in [3.63, 3.8) is 0 Å². The Hall–Kier alpha value is -0.120. The first-order valence-corrected chi connectivity index (χ1v) is 5.05. The Morgan fingerprint density at radius 1 is 1.54 bits per heavy atom. The molecule has 1 atom stereocenters. The standard InChI is InChI=1S/C10H21N2O/c1-9(2)7-12-5-6-13-10(8-12)3-4-11/h10H,3-8,11H2,1-2H3. The maximum atomic E-state index is 5.60. The molecule has 1 saturated heterocycles. The molecule has 2 N–H and O–H groups in total. The van der Waals surface area contributed by atoms with E-state index in [1.54, 1.807) is 0 Å². The van der Waals surface area contributed by atoms with E-state index in [-0.39, 0.29) is 0 Å². The maximum Gasteiger partial charge on any atom is 0.0714 e. The highest BCUT2D eigenvalue weighted by molar-refractivity contribution is 4.84. The maximum absolute atomic E-state index is 5.60. The number of ether oxygens (including phenoxy) is 1. The van der Waals surface area contributed by atoms with E-state index in [0.717, 1.165) is 39.2 Å². The molecule has 0 spiro atoms. The van der Waals surface area contributed by atoms with E-state index >= 15 is 0 Å². The van der Waals surface area contributed by atoms with Gasteiger partial charge >= 0.3 is 0 Å². The average molecular weight is 185 g/mol. The van der Waals surface area contributed by atoms with Crippen molar-refractivity contribution in [2.24, 2.45) is 5.73 Å². The van der Waals surface area contributed by atoms with Gasteiger partial charge in [0.2, 0.25) is 0 Å². The minimum atomic E-state index is 0.359. The van der Waals surface area contributed by atoms with E-state index < -0.39 is 0 Å². The van der Waals surface area contributed by atoms with Crippen LogP contribution in [0.4, 0.5) is 0 Å². The first-order chi connectivity index (χ1) is 6.22. The number of rotatable bonds is 4. The van der Waals surface area contributed by atoms with Crippen molar-refractivity contribution in [2.75, 3.05) is 32.8 Å². The van der Waals surface area contributed by atoms with Gasteiger partial charge in [-0.2, -0.15) is 0 Å². The summed E-state index contributed by atoms with van der Waals surface area (Å²) in [4.78, 5) is 2.44. The highest BCUT2D eigenvalue weighted by Gasteiger charge is 2.19. The van der Waals surface area contributed by atoms with Crippen LogP contribution in [0, 0.1) is 5.92 Å². The summed E-state index contributed by atoms with van der Waals surface area (Å²) in [6, 6.07) is 0. The molecule has 1 fully saturated rings. The molecule has 1 unspecified atom stereocenters. The highest BCUT2D eigenvalue weighted by atomic mass is 16.5. The van der Waals surface area contributed by atoms with Crippen molar-refractivity contribution in [1.29, 1.82) is 0 Å². The first kappa shape index (κ1) is 11.0. The van der Waals surface area contributed by atoms with Gasteiger partial charge < -0.3 is 10.5 Å². The molecule has 0 aromatic rings. The molecule has 1 rings (SSSR count). The molecule has 0 saturated carbocycles. The fraction of sp³-hybridized carbons (Fsp3) is 0.900. The third-order valence-electron chi connectivity index (χ3n) is 2.25. The second-order valence-electron chi connectivity index (χ2n) is 4.01. The van der Waals surface area contributed by atoms with E-state index in [1.807, 2.05) is 0 Å². The van der Waals surface area contributed by atoms with Crippen molar-refractivity contribution < 1.29 is 4.74 Å². The van der Waals surface area contributed by atoms with Gasteiger partial charge in [-0.15, -0.1) is 0 Å². The molecule has 0 aliphatic carbocycles. The molecule has 0 bridgehead atoms. The molecule has 3 nitrogen and oxygen atoms in total. The van der Waals surface area contributed by atoms with Crippen LogP contribution in [0.2, 0.25) is 0 Å². The molecular formula is C10H21N2O. The first-order valence-electron chi connectivity index (χ1n) is 5.05. The van der Waals surface area contributed by atoms with Crippen molar-refractivity contribution in [2.45, 2.75) is 26.4 Å². The van der Waals surface area contributed by atoms with E-state index in [4.69, 9.17) is 10.5 Å².